The van der Waals surface area contributed by atoms with Gasteiger partial charge in [-0.25, -0.2) is 4.39 Å². The second kappa shape index (κ2) is 4.92. The quantitative estimate of drug-likeness (QED) is 0.856. The molecule has 2 nitrogen and oxygen atoms in total. The van der Waals surface area contributed by atoms with Crippen LogP contribution in [0.4, 0.5) is 4.39 Å². The predicted molar refractivity (Wildman–Crippen MR) is 66.6 cm³/mol. The molecule has 0 saturated heterocycles. The third-order valence-electron chi connectivity index (χ3n) is 3.85. The summed E-state index contributed by atoms with van der Waals surface area (Å²) in [5.41, 5.74) is 6.08. The molecule has 0 spiro atoms. The molecule has 1 fully saturated rings. The predicted octanol–water partition coefficient (Wildman–Crippen LogP) is 2.61. The maximum Gasteiger partial charge on any atom is 0.142 e. The van der Waals surface area contributed by atoms with Crippen molar-refractivity contribution in [1.29, 1.82) is 0 Å². The van der Waals surface area contributed by atoms with Crippen LogP contribution in [0.15, 0.2) is 18.2 Å². The number of rotatable bonds is 2. The van der Waals surface area contributed by atoms with Crippen LogP contribution in [0.3, 0.4) is 0 Å². The zero-order chi connectivity index (χ0) is 12.5. The number of aliphatic hydroxyl groups excluding tert-OH is 1. The lowest BCUT2D eigenvalue weighted by Gasteiger charge is -2.41. The molecule has 17 heavy (non-hydrogen) atoms. The van der Waals surface area contributed by atoms with Crippen molar-refractivity contribution in [2.24, 2.45) is 5.73 Å². The Labute approximate surface area is 106 Å². The van der Waals surface area contributed by atoms with Crippen molar-refractivity contribution in [1.82, 2.24) is 0 Å². The summed E-state index contributed by atoms with van der Waals surface area (Å²) in [6.07, 6.45) is 3.03. The van der Waals surface area contributed by atoms with Gasteiger partial charge in [-0.05, 0) is 30.5 Å². The summed E-state index contributed by atoms with van der Waals surface area (Å²) in [6.45, 7) is 0.329. The first-order valence-corrected chi connectivity index (χ1v) is 6.31. The van der Waals surface area contributed by atoms with E-state index >= 15 is 0 Å². The maximum absolute atomic E-state index is 13.5. The zero-order valence-corrected chi connectivity index (χ0v) is 10.4. The first-order valence-electron chi connectivity index (χ1n) is 5.94. The highest BCUT2D eigenvalue weighted by molar-refractivity contribution is 6.30. The van der Waals surface area contributed by atoms with Crippen molar-refractivity contribution in [3.63, 3.8) is 0 Å². The second-order valence-electron chi connectivity index (χ2n) is 4.75. The van der Waals surface area contributed by atoms with Crippen molar-refractivity contribution < 1.29 is 9.50 Å². The van der Waals surface area contributed by atoms with E-state index in [1.54, 1.807) is 6.07 Å². The molecule has 2 atom stereocenters. The summed E-state index contributed by atoms with van der Waals surface area (Å²) in [4.78, 5) is 0. The van der Waals surface area contributed by atoms with Crippen LogP contribution >= 0.6 is 11.6 Å². The summed E-state index contributed by atoms with van der Waals surface area (Å²) in [5.74, 6) is -0.449. The van der Waals surface area contributed by atoms with E-state index in [1.807, 2.05) is 0 Å². The van der Waals surface area contributed by atoms with Gasteiger partial charge < -0.3 is 10.8 Å². The van der Waals surface area contributed by atoms with E-state index in [0.29, 0.717) is 6.54 Å². The Bertz CT molecular complexity index is 412. The van der Waals surface area contributed by atoms with Crippen LogP contribution in [0.1, 0.15) is 31.2 Å². The minimum Gasteiger partial charge on any atom is -0.392 e. The van der Waals surface area contributed by atoms with E-state index in [4.69, 9.17) is 17.3 Å². The largest absolute Gasteiger partial charge is 0.392 e. The Kier molecular flexibility index (Phi) is 3.71. The Hall–Kier alpha value is -0.640. The Morgan fingerprint density at radius 3 is 2.82 bits per heavy atom. The van der Waals surface area contributed by atoms with Gasteiger partial charge in [0.15, 0.2) is 0 Å². The van der Waals surface area contributed by atoms with E-state index < -0.39 is 17.3 Å². The van der Waals surface area contributed by atoms with Gasteiger partial charge in [-0.1, -0.05) is 30.5 Å². The van der Waals surface area contributed by atoms with Crippen molar-refractivity contribution in [2.75, 3.05) is 6.54 Å². The third kappa shape index (κ3) is 2.19. The monoisotopic (exact) mass is 257 g/mol. The van der Waals surface area contributed by atoms with Gasteiger partial charge in [0, 0.05) is 12.0 Å². The molecule has 0 aromatic heterocycles. The summed E-state index contributed by atoms with van der Waals surface area (Å²) < 4.78 is 13.5. The molecule has 1 aromatic carbocycles. The molecule has 4 heteroatoms. The van der Waals surface area contributed by atoms with Gasteiger partial charge in [-0.3, -0.25) is 0 Å². The molecule has 94 valence electrons. The lowest BCUT2D eigenvalue weighted by Crippen LogP contribution is -2.48. The van der Waals surface area contributed by atoms with Gasteiger partial charge in [0.2, 0.25) is 0 Å². The van der Waals surface area contributed by atoms with E-state index in [1.165, 1.54) is 12.1 Å². The average molecular weight is 258 g/mol. The standard InChI is InChI=1S/C13H17ClFNO/c14-10-5-4-9(7-11(10)15)13(8-16)6-2-1-3-12(13)17/h4-5,7,12,17H,1-3,6,8,16H2/t12-,13+/m1/s1. The Morgan fingerprint density at radius 1 is 1.47 bits per heavy atom. The number of nitrogens with two attached hydrogens (primary N) is 1. The molecule has 0 amide bonds. The number of halogens is 2. The van der Waals surface area contributed by atoms with Crippen molar-refractivity contribution in [2.45, 2.75) is 37.2 Å². The van der Waals surface area contributed by atoms with Crippen LogP contribution in [0.5, 0.6) is 0 Å². The Morgan fingerprint density at radius 2 is 2.24 bits per heavy atom. The van der Waals surface area contributed by atoms with E-state index in [2.05, 4.69) is 0 Å². The summed E-state index contributed by atoms with van der Waals surface area (Å²) in [5, 5.41) is 10.3. The molecule has 1 saturated carbocycles. The molecule has 2 rings (SSSR count). The van der Waals surface area contributed by atoms with E-state index in [-0.39, 0.29) is 5.02 Å². The van der Waals surface area contributed by atoms with Crippen LogP contribution < -0.4 is 5.73 Å². The van der Waals surface area contributed by atoms with E-state index in [9.17, 15) is 9.50 Å². The fourth-order valence-corrected chi connectivity index (χ4v) is 2.84. The highest BCUT2D eigenvalue weighted by atomic mass is 35.5. The molecule has 3 N–H and O–H groups in total. The van der Waals surface area contributed by atoms with Crippen LogP contribution in [0.2, 0.25) is 5.02 Å². The second-order valence-corrected chi connectivity index (χ2v) is 5.16. The lowest BCUT2D eigenvalue weighted by molar-refractivity contribution is 0.0462. The van der Waals surface area contributed by atoms with Crippen LogP contribution in [0.25, 0.3) is 0 Å². The number of hydrogen-bond donors (Lipinski definition) is 2. The highest BCUT2D eigenvalue weighted by Crippen LogP contribution is 2.39. The molecular formula is C13H17ClFNO. The van der Waals surface area contributed by atoms with Crippen molar-refractivity contribution in [3.05, 3.63) is 34.6 Å². The molecule has 1 aliphatic carbocycles. The maximum atomic E-state index is 13.5. The van der Waals surface area contributed by atoms with Crippen molar-refractivity contribution in [3.8, 4) is 0 Å². The topological polar surface area (TPSA) is 46.2 Å². The zero-order valence-electron chi connectivity index (χ0n) is 9.63. The molecule has 0 unspecified atom stereocenters. The SMILES string of the molecule is NC[C@]1(c2ccc(Cl)c(F)c2)CCCC[C@H]1O. The minimum absolute atomic E-state index is 0.103. The summed E-state index contributed by atoms with van der Waals surface area (Å²) in [6, 6.07) is 4.71. The Balaban J connectivity index is 2.42. The lowest BCUT2D eigenvalue weighted by atomic mass is 9.67. The number of benzene rings is 1. The molecule has 0 heterocycles. The molecule has 0 aliphatic heterocycles. The fourth-order valence-electron chi connectivity index (χ4n) is 2.72. The van der Waals surface area contributed by atoms with Gasteiger partial charge >= 0.3 is 0 Å². The molecule has 0 radical (unpaired) electrons. The van der Waals surface area contributed by atoms with Gasteiger partial charge in [-0.2, -0.15) is 0 Å². The van der Waals surface area contributed by atoms with Crippen molar-refractivity contribution >= 4 is 11.6 Å². The smallest absolute Gasteiger partial charge is 0.142 e. The van der Waals surface area contributed by atoms with Crippen LogP contribution in [-0.2, 0) is 5.41 Å². The van der Waals surface area contributed by atoms with Crippen LogP contribution in [-0.4, -0.2) is 17.8 Å². The normalized spacial score (nSPS) is 29.3. The molecule has 1 aliphatic rings. The third-order valence-corrected chi connectivity index (χ3v) is 4.15. The molecule has 0 bridgehead atoms. The molecular weight excluding hydrogens is 241 g/mol. The molecule has 1 aromatic rings. The first kappa shape index (κ1) is 12.8. The van der Waals surface area contributed by atoms with Crippen LogP contribution in [0, 0.1) is 5.82 Å². The van der Waals surface area contributed by atoms with E-state index in [0.717, 1.165) is 31.2 Å². The fraction of sp³-hybridized carbons (Fsp3) is 0.538. The highest BCUT2D eigenvalue weighted by Gasteiger charge is 2.40. The summed E-state index contributed by atoms with van der Waals surface area (Å²) >= 11 is 5.68. The first-order chi connectivity index (χ1) is 8.10. The minimum atomic E-state index is -0.510. The van der Waals surface area contributed by atoms with Gasteiger partial charge in [0.1, 0.15) is 5.82 Å². The average Bonchev–Trinajstić information content (AvgIpc) is 2.34. The van der Waals surface area contributed by atoms with Gasteiger partial charge in [0.25, 0.3) is 0 Å². The number of aliphatic hydroxyl groups is 1. The summed E-state index contributed by atoms with van der Waals surface area (Å²) in [7, 11) is 0. The van der Waals surface area contributed by atoms with Gasteiger partial charge in [-0.15, -0.1) is 0 Å². The number of hydrogen-bond acceptors (Lipinski definition) is 2. The van der Waals surface area contributed by atoms with Gasteiger partial charge in [0.05, 0.1) is 11.1 Å².